The van der Waals surface area contributed by atoms with Crippen molar-refractivity contribution in [2.24, 2.45) is 0 Å². The first-order chi connectivity index (χ1) is 16.4. The summed E-state index contributed by atoms with van der Waals surface area (Å²) in [6.45, 7) is 4.68. The van der Waals surface area contributed by atoms with Gasteiger partial charge in [-0.25, -0.2) is 4.39 Å². The topological polar surface area (TPSA) is 81.0 Å². The van der Waals surface area contributed by atoms with Crippen LogP contribution in [-0.4, -0.2) is 36.5 Å². The van der Waals surface area contributed by atoms with E-state index in [1.807, 2.05) is 18.2 Å². The van der Waals surface area contributed by atoms with Gasteiger partial charge in [0.15, 0.2) is 0 Å². The summed E-state index contributed by atoms with van der Waals surface area (Å²) < 4.78 is 19.6. The van der Waals surface area contributed by atoms with Crippen molar-refractivity contribution in [3.8, 4) is 11.1 Å². The molecule has 3 aromatic heterocycles. The third-order valence-corrected chi connectivity index (χ3v) is 6.95. The number of fused-ring (bicyclic) bond motifs is 1. The minimum atomic E-state index is -0.317. The molecule has 0 fully saturated rings. The van der Waals surface area contributed by atoms with E-state index in [1.165, 1.54) is 6.07 Å². The number of benzene rings is 1. The number of aromatic nitrogens is 4. The number of halogens is 1. The molecular formula is C25H22FN5O2S. The average molecular weight is 476 g/mol. The van der Waals surface area contributed by atoms with Crippen LogP contribution in [0.25, 0.3) is 11.1 Å². The van der Waals surface area contributed by atoms with Crippen molar-refractivity contribution in [1.29, 1.82) is 0 Å². The molecule has 0 radical (unpaired) electrons. The Labute approximate surface area is 199 Å². The molecule has 0 saturated heterocycles. The first-order valence-electron chi connectivity index (χ1n) is 10.9. The lowest BCUT2D eigenvalue weighted by Crippen LogP contribution is -2.39. The lowest BCUT2D eigenvalue weighted by molar-refractivity contribution is 0.0736. The van der Waals surface area contributed by atoms with Gasteiger partial charge in [0.1, 0.15) is 10.7 Å². The number of amides is 1. The van der Waals surface area contributed by atoms with Crippen molar-refractivity contribution in [1.82, 2.24) is 24.0 Å². The van der Waals surface area contributed by atoms with Gasteiger partial charge >= 0.3 is 0 Å². The van der Waals surface area contributed by atoms with E-state index in [0.717, 1.165) is 28.4 Å². The highest BCUT2D eigenvalue weighted by Gasteiger charge is 2.28. The number of carbonyl (C=O) groups excluding carboxylic acids is 1. The maximum Gasteiger partial charge on any atom is 0.267 e. The van der Waals surface area contributed by atoms with Gasteiger partial charge in [-0.1, -0.05) is 16.6 Å². The van der Waals surface area contributed by atoms with E-state index in [2.05, 4.69) is 14.6 Å². The summed E-state index contributed by atoms with van der Waals surface area (Å²) in [4.78, 5) is 33.2. The molecule has 172 valence electrons. The molecule has 1 aliphatic rings. The molecular weight excluding hydrogens is 453 g/mol. The van der Waals surface area contributed by atoms with Crippen LogP contribution >= 0.6 is 11.5 Å². The number of rotatable bonds is 4. The Morgan fingerprint density at radius 2 is 2.06 bits per heavy atom. The molecule has 0 saturated carbocycles. The van der Waals surface area contributed by atoms with E-state index in [0.29, 0.717) is 53.3 Å². The van der Waals surface area contributed by atoms with Crippen molar-refractivity contribution >= 4 is 17.4 Å². The molecule has 5 rings (SSSR count). The fourth-order valence-electron chi connectivity index (χ4n) is 4.32. The number of hydrogen-bond acceptors (Lipinski definition) is 6. The van der Waals surface area contributed by atoms with Crippen LogP contribution in [0.2, 0.25) is 0 Å². The van der Waals surface area contributed by atoms with Gasteiger partial charge < -0.3 is 9.47 Å². The van der Waals surface area contributed by atoms with Crippen LogP contribution in [0.3, 0.4) is 0 Å². The molecule has 1 aliphatic heterocycles. The molecule has 1 aromatic carbocycles. The lowest BCUT2D eigenvalue weighted by atomic mass is 9.97. The summed E-state index contributed by atoms with van der Waals surface area (Å²) in [5.41, 5.74) is 4.78. The molecule has 0 spiro atoms. The van der Waals surface area contributed by atoms with Gasteiger partial charge in [-0.15, -0.1) is 5.10 Å². The minimum absolute atomic E-state index is 0.109. The number of carbonyl (C=O) groups is 1. The molecule has 1 amide bonds. The minimum Gasteiger partial charge on any atom is -0.333 e. The van der Waals surface area contributed by atoms with Crippen LogP contribution in [0, 0.1) is 19.7 Å². The molecule has 34 heavy (non-hydrogen) atoms. The summed E-state index contributed by atoms with van der Waals surface area (Å²) in [5.74, 6) is -0.426. The normalized spacial score (nSPS) is 13.1. The summed E-state index contributed by atoms with van der Waals surface area (Å²) in [6.07, 6.45) is 3.98. The van der Waals surface area contributed by atoms with Crippen molar-refractivity contribution in [3.63, 3.8) is 0 Å². The zero-order chi connectivity index (χ0) is 23.8. The van der Waals surface area contributed by atoms with Gasteiger partial charge in [0.25, 0.3) is 11.5 Å². The molecule has 0 N–H and O–H groups in total. The quantitative estimate of drug-likeness (QED) is 0.449. The maximum atomic E-state index is 13.9. The van der Waals surface area contributed by atoms with Crippen LogP contribution in [0.1, 0.15) is 37.7 Å². The second-order valence-corrected chi connectivity index (χ2v) is 9.16. The highest BCUT2D eigenvalue weighted by molar-refractivity contribution is 7.07. The van der Waals surface area contributed by atoms with Crippen LogP contribution in [-0.2, 0) is 19.5 Å². The Bertz CT molecular complexity index is 1450. The number of aryl methyl sites for hydroxylation is 2. The monoisotopic (exact) mass is 475 g/mol. The van der Waals surface area contributed by atoms with Gasteiger partial charge in [0.05, 0.1) is 12.2 Å². The van der Waals surface area contributed by atoms with Crippen molar-refractivity contribution < 1.29 is 9.18 Å². The molecule has 0 aliphatic carbocycles. The summed E-state index contributed by atoms with van der Waals surface area (Å²) in [5, 5.41) is 3.96. The highest BCUT2D eigenvalue weighted by atomic mass is 32.1. The van der Waals surface area contributed by atoms with Gasteiger partial charge in [0.2, 0.25) is 0 Å². The fourth-order valence-corrected chi connectivity index (χ4v) is 4.95. The molecule has 7 nitrogen and oxygen atoms in total. The van der Waals surface area contributed by atoms with E-state index in [4.69, 9.17) is 0 Å². The Hall–Kier alpha value is -3.72. The fraction of sp³-hybridized carbons (Fsp3) is 0.240. The molecule has 0 bridgehead atoms. The predicted octanol–water partition coefficient (Wildman–Crippen LogP) is 3.76. The SMILES string of the molecule is Cc1cc(-c2cc3c(n(Cc4cccnc4)c2=O)CCN(C(=O)c2snnc2C)C3)ccc1F. The van der Waals surface area contributed by atoms with Crippen molar-refractivity contribution in [2.45, 2.75) is 33.4 Å². The smallest absolute Gasteiger partial charge is 0.267 e. The van der Waals surface area contributed by atoms with E-state index in [1.54, 1.807) is 47.8 Å². The Kier molecular flexibility index (Phi) is 5.79. The van der Waals surface area contributed by atoms with E-state index in [9.17, 15) is 14.0 Å². The Morgan fingerprint density at radius 3 is 2.76 bits per heavy atom. The van der Waals surface area contributed by atoms with E-state index in [-0.39, 0.29) is 17.3 Å². The molecule has 4 aromatic rings. The zero-order valence-electron chi connectivity index (χ0n) is 18.8. The number of nitrogens with zero attached hydrogens (tertiary/aromatic N) is 5. The summed E-state index contributed by atoms with van der Waals surface area (Å²) in [6, 6.07) is 10.3. The largest absolute Gasteiger partial charge is 0.333 e. The maximum absolute atomic E-state index is 13.9. The van der Waals surface area contributed by atoms with Gasteiger partial charge in [-0.2, -0.15) is 0 Å². The summed E-state index contributed by atoms with van der Waals surface area (Å²) in [7, 11) is 0. The number of hydrogen-bond donors (Lipinski definition) is 0. The molecule has 0 unspecified atom stereocenters. The Balaban J connectivity index is 1.61. The van der Waals surface area contributed by atoms with Gasteiger partial charge in [-0.05, 0) is 71.9 Å². The van der Waals surface area contributed by atoms with Crippen LogP contribution in [0.4, 0.5) is 4.39 Å². The predicted molar refractivity (Wildman–Crippen MR) is 127 cm³/mol. The second-order valence-electron chi connectivity index (χ2n) is 8.41. The van der Waals surface area contributed by atoms with E-state index >= 15 is 0 Å². The summed E-state index contributed by atoms with van der Waals surface area (Å²) >= 11 is 1.09. The first kappa shape index (κ1) is 22.1. The molecule has 4 heterocycles. The third kappa shape index (κ3) is 4.03. The van der Waals surface area contributed by atoms with Gasteiger partial charge in [0, 0.05) is 43.2 Å². The third-order valence-electron chi connectivity index (χ3n) is 6.14. The molecule has 9 heteroatoms. The van der Waals surface area contributed by atoms with E-state index < -0.39 is 0 Å². The molecule has 0 atom stereocenters. The van der Waals surface area contributed by atoms with Crippen molar-refractivity contribution in [3.05, 3.63) is 97.9 Å². The van der Waals surface area contributed by atoms with Gasteiger partial charge in [-0.3, -0.25) is 14.6 Å². The average Bonchev–Trinajstić information content (AvgIpc) is 3.28. The van der Waals surface area contributed by atoms with Crippen LogP contribution in [0.15, 0.2) is 53.6 Å². The zero-order valence-corrected chi connectivity index (χ0v) is 19.6. The lowest BCUT2D eigenvalue weighted by Gasteiger charge is -2.31. The Morgan fingerprint density at radius 1 is 1.21 bits per heavy atom. The first-order valence-corrected chi connectivity index (χ1v) is 11.7. The second kappa shape index (κ2) is 8.90. The standard InChI is InChI=1S/C25H22FN5O2S/c1-15-10-18(5-6-21(15)26)20-11-19-14-30(25(33)23-16(2)28-29-34-23)9-7-22(19)31(24(20)32)13-17-4-3-8-27-12-17/h3-6,8,10-12H,7,9,13-14H2,1-2H3. The highest BCUT2D eigenvalue weighted by Crippen LogP contribution is 2.27. The van der Waals surface area contributed by atoms with Crippen molar-refractivity contribution in [2.75, 3.05) is 6.54 Å². The van der Waals surface area contributed by atoms with Crippen LogP contribution in [0.5, 0.6) is 0 Å². The number of pyridine rings is 2. The van der Waals surface area contributed by atoms with Crippen LogP contribution < -0.4 is 5.56 Å².